The van der Waals surface area contributed by atoms with Gasteiger partial charge in [-0.3, -0.25) is 0 Å². The zero-order chi connectivity index (χ0) is 8.27. The lowest BCUT2D eigenvalue weighted by atomic mass is 10.2. The highest BCUT2D eigenvalue weighted by atomic mass is 79.9. The first-order valence-corrected chi connectivity index (χ1v) is 4.38. The number of benzene rings is 1. The van der Waals surface area contributed by atoms with Crippen molar-refractivity contribution in [1.29, 1.82) is 0 Å². The molecule has 0 aromatic heterocycles. The fraction of sp³-hybridized carbons (Fsp3) is 0.250. The molecule has 0 aliphatic carbocycles. The van der Waals surface area contributed by atoms with Crippen LogP contribution in [-0.2, 0) is 5.33 Å². The van der Waals surface area contributed by atoms with Crippen LogP contribution >= 0.6 is 15.9 Å². The van der Waals surface area contributed by atoms with Crippen molar-refractivity contribution >= 4 is 21.6 Å². The minimum Gasteiger partial charge on any atom is -0.497 e. The molecule has 0 atom stereocenters. The molecule has 0 saturated heterocycles. The van der Waals surface area contributed by atoms with Gasteiger partial charge in [-0.2, -0.15) is 0 Å². The van der Waals surface area contributed by atoms with Crippen LogP contribution in [0.25, 0.3) is 0 Å². The Morgan fingerprint density at radius 2 is 2.27 bits per heavy atom. The van der Waals surface area contributed by atoms with Gasteiger partial charge >= 0.3 is 0 Å². The third kappa shape index (κ3) is 1.87. The maximum Gasteiger partial charge on any atom is 0.119 e. The van der Waals surface area contributed by atoms with Crippen molar-refractivity contribution in [3.05, 3.63) is 23.8 Å². The van der Waals surface area contributed by atoms with Crippen LogP contribution in [0.1, 0.15) is 5.56 Å². The maximum absolute atomic E-state index is 5.67. The second kappa shape index (κ2) is 3.62. The first kappa shape index (κ1) is 8.40. The summed E-state index contributed by atoms with van der Waals surface area (Å²) in [5, 5.41) is 0.760. The predicted molar refractivity (Wildman–Crippen MR) is 50.0 cm³/mol. The fourth-order valence-electron chi connectivity index (χ4n) is 0.825. The maximum atomic E-state index is 5.67. The minimum absolute atomic E-state index is 0.760. The van der Waals surface area contributed by atoms with Crippen molar-refractivity contribution in [1.82, 2.24) is 0 Å². The van der Waals surface area contributed by atoms with Crippen molar-refractivity contribution in [3.8, 4) is 5.75 Å². The molecule has 2 N–H and O–H groups in total. The lowest BCUT2D eigenvalue weighted by Crippen LogP contribution is -1.92. The SMILES string of the molecule is COc1ccc(N)c(CBr)c1. The summed E-state index contributed by atoms with van der Waals surface area (Å²) in [7, 11) is 1.64. The van der Waals surface area contributed by atoms with Gasteiger partial charge in [-0.1, -0.05) is 15.9 Å². The monoisotopic (exact) mass is 215 g/mol. The quantitative estimate of drug-likeness (QED) is 0.607. The molecule has 1 aromatic rings. The van der Waals surface area contributed by atoms with Gasteiger partial charge in [-0.25, -0.2) is 0 Å². The van der Waals surface area contributed by atoms with Gasteiger partial charge in [-0.05, 0) is 23.8 Å². The van der Waals surface area contributed by atoms with E-state index in [9.17, 15) is 0 Å². The van der Waals surface area contributed by atoms with Crippen molar-refractivity contribution in [2.24, 2.45) is 0 Å². The summed E-state index contributed by atoms with van der Waals surface area (Å²) in [6.07, 6.45) is 0. The molecule has 0 radical (unpaired) electrons. The Morgan fingerprint density at radius 3 is 2.82 bits per heavy atom. The largest absolute Gasteiger partial charge is 0.497 e. The number of hydrogen-bond donors (Lipinski definition) is 1. The van der Waals surface area contributed by atoms with E-state index < -0.39 is 0 Å². The molecule has 3 heteroatoms. The Bertz CT molecular complexity index is 250. The first-order chi connectivity index (χ1) is 5.27. The van der Waals surface area contributed by atoms with Gasteiger partial charge in [0, 0.05) is 11.0 Å². The summed E-state index contributed by atoms with van der Waals surface area (Å²) in [6.45, 7) is 0. The molecule has 0 amide bonds. The number of halogens is 1. The topological polar surface area (TPSA) is 35.2 Å². The molecule has 0 heterocycles. The zero-order valence-corrected chi connectivity index (χ0v) is 7.89. The second-order valence-electron chi connectivity index (χ2n) is 2.20. The van der Waals surface area contributed by atoms with Crippen LogP contribution in [0.3, 0.4) is 0 Å². The van der Waals surface area contributed by atoms with Crippen LogP contribution < -0.4 is 10.5 Å². The molecule has 11 heavy (non-hydrogen) atoms. The summed E-state index contributed by atoms with van der Waals surface area (Å²) in [5.41, 5.74) is 7.52. The van der Waals surface area contributed by atoms with Gasteiger partial charge < -0.3 is 10.5 Å². The number of anilines is 1. The Kier molecular flexibility index (Phi) is 2.76. The van der Waals surface area contributed by atoms with E-state index in [1.807, 2.05) is 18.2 Å². The Balaban J connectivity index is 3.02. The Morgan fingerprint density at radius 1 is 1.55 bits per heavy atom. The van der Waals surface area contributed by atoms with E-state index >= 15 is 0 Å². The number of nitrogens with two attached hydrogens (primary N) is 1. The number of rotatable bonds is 2. The van der Waals surface area contributed by atoms with Crippen LogP contribution in [0.15, 0.2) is 18.2 Å². The van der Waals surface area contributed by atoms with Gasteiger partial charge in [0.25, 0.3) is 0 Å². The molecule has 0 aliphatic heterocycles. The molecule has 60 valence electrons. The molecule has 0 saturated carbocycles. The van der Waals surface area contributed by atoms with Gasteiger partial charge in [0.15, 0.2) is 0 Å². The summed E-state index contributed by atoms with van der Waals surface area (Å²) in [4.78, 5) is 0. The molecule has 0 bridgehead atoms. The summed E-state index contributed by atoms with van der Waals surface area (Å²) >= 11 is 3.34. The van der Waals surface area contributed by atoms with E-state index in [4.69, 9.17) is 10.5 Å². The first-order valence-electron chi connectivity index (χ1n) is 3.26. The van der Waals surface area contributed by atoms with E-state index in [0.717, 1.165) is 22.3 Å². The predicted octanol–water partition coefficient (Wildman–Crippen LogP) is 2.17. The highest BCUT2D eigenvalue weighted by molar-refractivity contribution is 9.08. The smallest absolute Gasteiger partial charge is 0.119 e. The number of ether oxygens (including phenoxy) is 1. The molecule has 1 rings (SSSR count). The summed E-state index contributed by atoms with van der Waals surface area (Å²) in [5.74, 6) is 0.841. The van der Waals surface area contributed by atoms with Gasteiger partial charge in [0.1, 0.15) is 5.75 Å². The lowest BCUT2D eigenvalue weighted by Gasteiger charge is -2.04. The van der Waals surface area contributed by atoms with E-state index in [2.05, 4.69) is 15.9 Å². The molecule has 1 aromatic carbocycles. The van der Waals surface area contributed by atoms with Crippen molar-refractivity contribution in [2.45, 2.75) is 5.33 Å². The molecule has 0 spiro atoms. The highest BCUT2D eigenvalue weighted by Gasteiger charge is 1.98. The average Bonchev–Trinajstić information content (AvgIpc) is 2.05. The van der Waals surface area contributed by atoms with Crippen LogP contribution in [0.2, 0.25) is 0 Å². The van der Waals surface area contributed by atoms with Crippen LogP contribution in [-0.4, -0.2) is 7.11 Å². The molecule has 0 aliphatic rings. The van der Waals surface area contributed by atoms with Gasteiger partial charge in [-0.15, -0.1) is 0 Å². The third-order valence-corrected chi connectivity index (χ3v) is 2.10. The van der Waals surface area contributed by atoms with Gasteiger partial charge in [0.05, 0.1) is 7.11 Å². The molecule has 0 fully saturated rings. The van der Waals surface area contributed by atoms with E-state index in [-0.39, 0.29) is 0 Å². The van der Waals surface area contributed by atoms with Crippen LogP contribution in [0, 0.1) is 0 Å². The van der Waals surface area contributed by atoms with Crippen molar-refractivity contribution in [2.75, 3.05) is 12.8 Å². The zero-order valence-electron chi connectivity index (χ0n) is 6.30. The minimum atomic E-state index is 0.760. The fourth-order valence-corrected chi connectivity index (χ4v) is 1.31. The standard InChI is InChI=1S/C8H10BrNO/c1-11-7-2-3-8(10)6(4-7)5-9/h2-4H,5,10H2,1H3. The van der Waals surface area contributed by atoms with E-state index in [1.165, 1.54) is 0 Å². The van der Waals surface area contributed by atoms with Crippen molar-refractivity contribution in [3.63, 3.8) is 0 Å². The van der Waals surface area contributed by atoms with E-state index in [1.54, 1.807) is 7.11 Å². The second-order valence-corrected chi connectivity index (χ2v) is 2.76. The summed E-state index contributed by atoms with van der Waals surface area (Å²) in [6, 6.07) is 5.61. The number of methoxy groups -OCH3 is 1. The van der Waals surface area contributed by atoms with Gasteiger partial charge in [0.2, 0.25) is 0 Å². The molecular formula is C8H10BrNO. The van der Waals surface area contributed by atoms with Crippen LogP contribution in [0.5, 0.6) is 5.75 Å². The van der Waals surface area contributed by atoms with Crippen molar-refractivity contribution < 1.29 is 4.74 Å². The van der Waals surface area contributed by atoms with Crippen LogP contribution in [0.4, 0.5) is 5.69 Å². The average molecular weight is 216 g/mol. The Hall–Kier alpha value is -0.700. The molecular weight excluding hydrogens is 206 g/mol. The third-order valence-electron chi connectivity index (χ3n) is 1.49. The number of nitrogen functional groups attached to an aromatic ring is 1. The lowest BCUT2D eigenvalue weighted by molar-refractivity contribution is 0.414. The number of hydrogen-bond acceptors (Lipinski definition) is 2. The molecule has 0 unspecified atom stereocenters. The normalized spacial score (nSPS) is 9.64. The Labute approximate surface area is 74.5 Å². The number of alkyl halides is 1. The summed E-state index contributed by atoms with van der Waals surface area (Å²) < 4.78 is 5.04. The van der Waals surface area contributed by atoms with E-state index in [0.29, 0.717) is 0 Å². The molecule has 2 nitrogen and oxygen atoms in total. The highest BCUT2D eigenvalue weighted by Crippen LogP contribution is 2.21.